The van der Waals surface area contributed by atoms with E-state index in [0.717, 1.165) is 28.3 Å². The van der Waals surface area contributed by atoms with Crippen molar-refractivity contribution in [2.45, 2.75) is 40.2 Å². The highest BCUT2D eigenvalue weighted by Gasteiger charge is 2.19. The van der Waals surface area contributed by atoms with E-state index in [0.29, 0.717) is 13.0 Å². The predicted octanol–water partition coefficient (Wildman–Crippen LogP) is 4.50. The van der Waals surface area contributed by atoms with E-state index < -0.39 is 6.10 Å². The van der Waals surface area contributed by atoms with Crippen molar-refractivity contribution >= 4 is 11.6 Å². The number of anilines is 1. The summed E-state index contributed by atoms with van der Waals surface area (Å²) < 4.78 is 11.3. The molecule has 4 heteroatoms. The van der Waals surface area contributed by atoms with E-state index in [1.54, 1.807) is 0 Å². The molecule has 0 saturated heterocycles. The van der Waals surface area contributed by atoms with E-state index >= 15 is 0 Å². The molecule has 2 aromatic rings. The highest BCUT2D eigenvalue weighted by Crippen LogP contribution is 2.23. The van der Waals surface area contributed by atoms with Crippen LogP contribution in [0.1, 0.15) is 31.4 Å². The number of aryl methyl sites for hydroxylation is 1. The lowest BCUT2D eigenvalue weighted by Crippen LogP contribution is -2.32. The molecule has 2 rings (SSSR count). The SMILES string of the molecule is CCOc1ccc(NC(=O)[C@@H](CC)Oc2cccc(C)c2C)cc1. The fourth-order valence-corrected chi connectivity index (χ4v) is 2.35. The number of amides is 1. The Labute approximate surface area is 143 Å². The van der Waals surface area contributed by atoms with Crippen molar-refractivity contribution in [3.05, 3.63) is 53.6 Å². The molecule has 0 unspecified atom stereocenters. The minimum atomic E-state index is -0.530. The third-order valence-corrected chi connectivity index (χ3v) is 3.92. The van der Waals surface area contributed by atoms with Gasteiger partial charge in [-0.25, -0.2) is 0 Å². The van der Waals surface area contributed by atoms with Crippen LogP contribution >= 0.6 is 0 Å². The van der Waals surface area contributed by atoms with E-state index in [-0.39, 0.29) is 5.91 Å². The third kappa shape index (κ3) is 4.51. The zero-order valence-corrected chi connectivity index (χ0v) is 14.8. The molecule has 0 bridgehead atoms. The summed E-state index contributed by atoms with van der Waals surface area (Å²) in [6.45, 7) is 8.53. The van der Waals surface area contributed by atoms with Crippen LogP contribution in [0.3, 0.4) is 0 Å². The Hall–Kier alpha value is -2.49. The molecule has 0 aromatic heterocycles. The second-order valence-corrected chi connectivity index (χ2v) is 5.66. The summed E-state index contributed by atoms with van der Waals surface area (Å²) in [4.78, 5) is 12.5. The largest absolute Gasteiger partial charge is 0.494 e. The van der Waals surface area contributed by atoms with Gasteiger partial charge < -0.3 is 14.8 Å². The maximum atomic E-state index is 12.5. The van der Waals surface area contributed by atoms with Crippen LogP contribution in [0.5, 0.6) is 11.5 Å². The molecule has 0 aliphatic rings. The minimum Gasteiger partial charge on any atom is -0.494 e. The molecule has 1 amide bonds. The Balaban J connectivity index is 2.04. The summed E-state index contributed by atoms with van der Waals surface area (Å²) in [6.07, 6.45) is 0.0630. The minimum absolute atomic E-state index is 0.150. The second kappa shape index (κ2) is 8.39. The van der Waals surface area contributed by atoms with Crippen molar-refractivity contribution in [1.82, 2.24) is 0 Å². The van der Waals surface area contributed by atoms with Gasteiger partial charge in [-0.05, 0) is 68.7 Å². The van der Waals surface area contributed by atoms with Crippen molar-refractivity contribution < 1.29 is 14.3 Å². The standard InChI is InChI=1S/C20H25NO3/c1-5-18(24-19-9-7-8-14(3)15(19)4)20(22)21-16-10-12-17(13-11-16)23-6-2/h7-13,18H,5-6H2,1-4H3,(H,21,22)/t18-/m1/s1. The van der Waals surface area contributed by atoms with Gasteiger partial charge in [-0.15, -0.1) is 0 Å². The molecule has 0 spiro atoms. The van der Waals surface area contributed by atoms with Crippen molar-refractivity contribution in [3.63, 3.8) is 0 Å². The summed E-state index contributed by atoms with van der Waals surface area (Å²) in [6, 6.07) is 13.2. The molecule has 0 radical (unpaired) electrons. The van der Waals surface area contributed by atoms with Crippen LogP contribution in [-0.4, -0.2) is 18.6 Å². The van der Waals surface area contributed by atoms with Crippen molar-refractivity contribution in [2.75, 3.05) is 11.9 Å². The zero-order valence-electron chi connectivity index (χ0n) is 14.8. The quantitative estimate of drug-likeness (QED) is 0.814. The average Bonchev–Trinajstić information content (AvgIpc) is 2.58. The number of carbonyl (C=O) groups excluding carboxylic acids is 1. The van der Waals surface area contributed by atoms with Crippen LogP contribution in [0.2, 0.25) is 0 Å². The number of ether oxygens (including phenoxy) is 2. The lowest BCUT2D eigenvalue weighted by Gasteiger charge is -2.19. The van der Waals surface area contributed by atoms with Crippen LogP contribution in [0, 0.1) is 13.8 Å². The molecule has 0 fully saturated rings. The van der Waals surface area contributed by atoms with Gasteiger partial charge in [-0.2, -0.15) is 0 Å². The molecule has 4 nitrogen and oxygen atoms in total. The zero-order chi connectivity index (χ0) is 17.5. The molecule has 0 aliphatic heterocycles. The van der Waals surface area contributed by atoms with Gasteiger partial charge in [-0.3, -0.25) is 4.79 Å². The second-order valence-electron chi connectivity index (χ2n) is 5.66. The molecule has 0 saturated carbocycles. The molecule has 0 aliphatic carbocycles. The predicted molar refractivity (Wildman–Crippen MR) is 96.9 cm³/mol. The van der Waals surface area contributed by atoms with E-state index in [1.165, 1.54) is 0 Å². The Morgan fingerprint density at radius 3 is 2.42 bits per heavy atom. The van der Waals surface area contributed by atoms with Crippen LogP contribution in [0.25, 0.3) is 0 Å². The fraction of sp³-hybridized carbons (Fsp3) is 0.350. The summed E-state index contributed by atoms with van der Waals surface area (Å²) in [5, 5.41) is 2.90. The van der Waals surface area contributed by atoms with Crippen LogP contribution in [0.4, 0.5) is 5.69 Å². The molecule has 1 N–H and O–H groups in total. The van der Waals surface area contributed by atoms with Gasteiger partial charge in [0, 0.05) is 5.69 Å². The maximum Gasteiger partial charge on any atom is 0.265 e. The first-order valence-corrected chi connectivity index (χ1v) is 8.31. The third-order valence-electron chi connectivity index (χ3n) is 3.92. The number of rotatable bonds is 7. The first-order chi connectivity index (χ1) is 11.5. The average molecular weight is 327 g/mol. The molecule has 1 atom stereocenters. The Kier molecular flexibility index (Phi) is 6.24. The normalized spacial score (nSPS) is 11.7. The first kappa shape index (κ1) is 17.9. The van der Waals surface area contributed by atoms with Crippen molar-refractivity contribution in [2.24, 2.45) is 0 Å². The van der Waals surface area contributed by atoms with Gasteiger partial charge in [-0.1, -0.05) is 19.1 Å². The van der Waals surface area contributed by atoms with E-state index in [9.17, 15) is 4.79 Å². The topological polar surface area (TPSA) is 47.6 Å². The fourth-order valence-electron chi connectivity index (χ4n) is 2.35. The van der Waals surface area contributed by atoms with Crippen molar-refractivity contribution in [3.8, 4) is 11.5 Å². The molecular formula is C20H25NO3. The molecule has 24 heavy (non-hydrogen) atoms. The molecular weight excluding hydrogens is 302 g/mol. The van der Waals surface area contributed by atoms with E-state index in [2.05, 4.69) is 5.32 Å². The molecule has 2 aromatic carbocycles. The van der Waals surface area contributed by atoms with Gasteiger partial charge in [0.15, 0.2) is 6.10 Å². The highest BCUT2D eigenvalue weighted by molar-refractivity contribution is 5.94. The monoisotopic (exact) mass is 327 g/mol. The lowest BCUT2D eigenvalue weighted by atomic mass is 10.1. The summed E-state index contributed by atoms with van der Waals surface area (Å²) >= 11 is 0. The van der Waals surface area contributed by atoms with Crippen LogP contribution in [0.15, 0.2) is 42.5 Å². The number of hydrogen-bond donors (Lipinski definition) is 1. The highest BCUT2D eigenvalue weighted by atomic mass is 16.5. The Morgan fingerprint density at radius 1 is 1.08 bits per heavy atom. The summed E-state index contributed by atoms with van der Waals surface area (Å²) in [5.74, 6) is 1.39. The Bertz CT molecular complexity index is 680. The van der Waals surface area contributed by atoms with Gasteiger partial charge in [0.1, 0.15) is 11.5 Å². The first-order valence-electron chi connectivity index (χ1n) is 8.31. The van der Waals surface area contributed by atoms with Crippen LogP contribution in [-0.2, 0) is 4.79 Å². The summed E-state index contributed by atoms with van der Waals surface area (Å²) in [7, 11) is 0. The van der Waals surface area contributed by atoms with Crippen molar-refractivity contribution in [1.29, 1.82) is 0 Å². The van der Waals surface area contributed by atoms with Gasteiger partial charge in [0.05, 0.1) is 6.61 Å². The summed E-state index contributed by atoms with van der Waals surface area (Å²) in [5.41, 5.74) is 2.94. The number of nitrogens with one attached hydrogen (secondary N) is 1. The maximum absolute atomic E-state index is 12.5. The van der Waals surface area contributed by atoms with Gasteiger partial charge in [0.25, 0.3) is 5.91 Å². The van der Waals surface area contributed by atoms with Gasteiger partial charge >= 0.3 is 0 Å². The van der Waals surface area contributed by atoms with Crippen LogP contribution < -0.4 is 14.8 Å². The Morgan fingerprint density at radius 2 is 1.79 bits per heavy atom. The van der Waals surface area contributed by atoms with E-state index in [4.69, 9.17) is 9.47 Å². The number of hydrogen-bond acceptors (Lipinski definition) is 3. The number of carbonyl (C=O) groups is 1. The molecule has 128 valence electrons. The number of benzene rings is 2. The smallest absolute Gasteiger partial charge is 0.265 e. The molecule has 0 heterocycles. The van der Waals surface area contributed by atoms with Gasteiger partial charge in [0.2, 0.25) is 0 Å². The van der Waals surface area contributed by atoms with E-state index in [1.807, 2.05) is 70.2 Å². The lowest BCUT2D eigenvalue weighted by molar-refractivity contribution is -0.122.